The van der Waals surface area contributed by atoms with E-state index in [0.717, 1.165) is 28.7 Å². The van der Waals surface area contributed by atoms with E-state index in [1.165, 1.54) is 12.1 Å². The summed E-state index contributed by atoms with van der Waals surface area (Å²) in [5, 5.41) is 0.721. The molecule has 4 rings (SSSR count). The highest BCUT2D eigenvalue weighted by atomic mass is 32.2. The number of nitrogens with zero attached hydrogens (tertiary/aromatic N) is 2. The maximum absolute atomic E-state index is 13.1. The lowest BCUT2D eigenvalue weighted by Gasteiger charge is -2.12. The van der Waals surface area contributed by atoms with Crippen LogP contribution in [0.25, 0.3) is 15.7 Å². The minimum absolute atomic E-state index is 0.0496. The number of pyridine rings is 1. The fourth-order valence-corrected chi connectivity index (χ4v) is 4.14. The Morgan fingerprint density at radius 3 is 2.36 bits per heavy atom. The van der Waals surface area contributed by atoms with E-state index in [9.17, 15) is 9.18 Å². The molecule has 0 aliphatic rings. The highest BCUT2D eigenvalue weighted by molar-refractivity contribution is 7.98. The summed E-state index contributed by atoms with van der Waals surface area (Å²) in [6.07, 6.45) is 5.16. The average Bonchev–Trinajstić information content (AvgIpc) is 2.89. The standard InChI is InChI=1S/C29H25FN2O3S/c1-31-27-18-25-26(19-29(27)34-14-3-15-36-2)32-13-12-28(25)35-24-10-6-21(7-11-24)17-23(33)16-20-4-8-22(30)9-5-20/h4-13,18-19H,3,14-17H2,2H3. The van der Waals surface area contributed by atoms with Gasteiger partial charge in [-0.1, -0.05) is 24.3 Å². The fraction of sp³-hybridized carbons (Fsp3) is 0.207. The maximum Gasteiger partial charge on any atom is 0.229 e. The van der Waals surface area contributed by atoms with Crippen molar-refractivity contribution in [2.75, 3.05) is 18.6 Å². The van der Waals surface area contributed by atoms with Crippen molar-refractivity contribution in [3.8, 4) is 17.2 Å². The van der Waals surface area contributed by atoms with Gasteiger partial charge < -0.3 is 9.47 Å². The zero-order valence-electron chi connectivity index (χ0n) is 19.9. The summed E-state index contributed by atoms with van der Waals surface area (Å²) in [7, 11) is 0. The highest BCUT2D eigenvalue weighted by Crippen LogP contribution is 2.37. The minimum atomic E-state index is -0.315. The van der Waals surface area contributed by atoms with E-state index in [1.54, 1.807) is 48.3 Å². The number of fused-ring (bicyclic) bond motifs is 1. The van der Waals surface area contributed by atoms with Crippen LogP contribution in [0.3, 0.4) is 0 Å². The van der Waals surface area contributed by atoms with Crippen LogP contribution in [0.1, 0.15) is 17.5 Å². The number of ether oxygens (including phenoxy) is 2. The second-order valence-electron chi connectivity index (χ2n) is 8.22. The number of halogens is 1. The van der Waals surface area contributed by atoms with Crippen molar-refractivity contribution in [2.24, 2.45) is 0 Å². The van der Waals surface area contributed by atoms with Crippen LogP contribution in [0.15, 0.2) is 72.9 Å². The molecule has 5 nitrogen and oxygen atoms in total. The molecule has 4 aromatic rings. The molecule has 0 N–H and O–H groups in total. The quantitative estimate of drug-likeness (QED) is 0.161. The van der Waals surface area contributed by atoms with Crippen LogP contribution in [0.2, 0.25) is 0 Å². The van der Waals surface area contributed by atoms with Gasteiger partial charge in [0.2, 0.25) is 5.69 Å². The molecular weight excluding hydrogens is 475 g/mol. The smallest absolute Gasteiger partial charge is 0.229 e. The monoisotopic (exact) mass is 500 g/mol. The van der Waals surface area contributed by atoms with Crippen LogP contribution < -0.4 is 9.47 Å². The number of rotatable bonds is 11. The number of hydrogen-bond donors (Lipinski definition) is 0. The van der Waals surface area contributed by atoms with Crippen LogP contribution in [-0.4, -0.2) is 29.4 Å². The second-order valence-corrected chi connectivity index (χ2v) is 9.20. The van der Waals surface area contributed by atoms with E-state index in [1.807, 2.05) is 24.3 Å². The Morgan fingerprint density at radius 1 is 1.00 bits per heavy atom. The van der Waals surface area contributed by atoms with Gasteiger partial charge in [0, 0.05) is 24.4 Å². The third-order valence-electron chi connectivity index (χ3n) is 5.52. The molecule has 0 unspecified atom stereocenters. The van der Waals surface area contributed by atoms with Crippen molar-refractivity contribution < 1.29 is 18.7 Å². The predicted molar refractivity (Wildman–Crippen MR) is 142 cm³/mol. The Labute approximate surface area is 214 Å². The number of thioether (sulfide) groups is 1. The summed E-state index contributed by atoms with van der Waals surface area (Å²) in [6, 6.07) is 18.6. The van der Waals surface area contributed by atoms with Crippen LogP contribution in [0.5, 0.6) is 17.2 Å². The summed E-state index contributed by atoms with van der Waals surface area (Å²) < 4.78 is 25.0. The molecule has 182 valence electrons. The van der Waals surface area contributed by atoms with E-state index in [0.29, 0.717) is 35.1 Å². The number of benzene rings is 3. The van der Waals surface area contributed by atoms with Crippen LogP contribution in [0.4, 0.5) is 10.1 Å². The number of hydrogen-bond acceptors (Lipinski definition) is 5. The summed E-state index contributed by atoms with van der Waals surface area (Å²) in [4.78, 5) is 20.5. The lowest BCUT2D eigenvalue weighted by atomic mass is 10.0. The Kier molecular flexibility index (Phi) is 8.53. The summed E-state index contributed by atoms with van der Waals surface area (Å²) >= 11 is 1.76. The SMILES string of the molecule is [C-]#[N+]c1cc2c(Oc3ccc(CC(=O)Cc4ccc(F)cc4)cc3)ccnc2cc1OCCCSC. The van der Waals surface area contributed by atoms with E-state index in [-0.39, 0.29) is 24.4 Å². The van der Waals surface area contributed by atoms with Gasteiger partial charge in [0.15, 0.2) is 0 Å². The molecule has 1 heterocycles. The van der Waals surface area contributed by atoms with Crippen LogP contribution >= 0.6 is 11.8 Å². The topological polar surface area (TPSA) is 52.8 Å². The largest absolute Gasteiger partial charge is 0.505 e. The van der Waals surface area contributed by atoms with Gasteiger partial charge in [-0.3, -0.25) is 9.78 Å². The van der Waals surface area contributed by atoms with Gasteiger partial charge >= 0.3 is 0 Å². The first kappa shape index (κ1) is 25.2. The number of carbonyl (C=O) groups excluding carboxylic acids is 1. The molecule has 0 saturated heterocycles. The van der Waals surface area contributed by atoms with Crippen molar-refractivity contribution in [1.29, 1.82) is 0 Å². The van der Waals surface area contributed by atoms with E-state index in [4.69, 9.17) is 16.0 Å². The molecule has 0 saturated carbocycles. The summed E-state index contributed by atoms with van der Waals surface area (Å²) in [5.41, 5.74) is 2.76. The zero-order valence-corrected chi connectivity index (χ0v) is 20.7. The molecule has 0 radical (unpaired) electrons. The van der Waals surface area contributed by atoms with E-state index < -0.39 is 0 Å². The Morgan fingerprint density at radius 2 is 1.69 bits per heavy atom. The average molecular weight is 501 g/mol. The number of Topliss-reactive ketones (excluding diaryl/α,β-unsaturated/α-hetero) is 1. The van der Waals surface area contributed by atoms with Gasteiger partial charge in [-0.25, -0.2) is 9.24 Å². The molecule has 0 fully saturated rings. The first-order chi connectivity index (χ1) is 17.6. The third kappa shape index (κ3) is 6.61. The highest BCUT2D eigenvalue weighted by Gasteiger charge is 2.12. The first-order valence-corrected chi connectivity index (χ1v) is 12.9. The van der Waals surface area contributed by atoms with Crippen molar-refractivity contribution in [2.45, 2.75) is 19.3 Å². The molecule has 7 heteroatoms. The third-order valence-corrected chi connectivity index (χ3v) is 6.22. The number of aromatic nitrogens is 1. The fourth-order valence-electron chi connectivity index (χ4n) is 3.74. The first-order valence-electron chi connectivity index (χ1n) is 11.5. The normalized spacial score (nSPS) is 10.7. The molecule has 0 bridgehead atoms. The molecule has 0 amide bonds. The van der Waals surface area contributed by atoms with Crippen LogP contribution in [0, 0.1) is 12.4 Å². The Hall–Kier alpha value is -3.89. The zero-order chi connectivity index (χ0) is 25.3. The Balaban J connectivity index is 1.44. The Bertz CT molecular complexity index is 1380. The van der Waals surface area contributed by atoms with E-state index >= 15 is 0 Å². The van der Waals surface area contributed by atoms with Crippen molar-refractivity contribution in [3.63, 3.8) is 0 Å². The molecular formula is C29H25FN2O3S. The van der Waals surface area contributed by atoms with Crippen molar-refractivity contribution in [1.82, 2.24) is 4.98 Å². The molecule has 0 aliphatic heterocycles. The van der Waals surface area contributed by atoms with Gasteiger partial charge in [-0.15, -0.1) is 0 Å². The molecule has 3 aromatic carbocycles. The molecule has 0 atom stereocenters. The van der Waals surface area contributed by atoms with Crippen molar-refractivity contribution in [3.05, 3.63) is 101 Å². The van der Waals surface area contributed by atoms with Crippen LogP contribution in [-0.2, 0) is 17.6 Å². The molecule has 0 aliphatic carbocycles. The predicted octanol–water partition coefficient (Wildman–Crippen LogP) is 7.20. The van der Waals surface area contributed by atoms with Gasteiger partial charge in [0.25, 0.3) is 0 Å². The minimum Gasteiger partial charge on any atom is -0.505 e. The number of ketones is 1. The summed E-state index contributed by atoms with van der Waals surface area (Å²) in [6.45, 7) is 8.11. The number of carbonyl (C=O) groups is 1. The van der Waals surface area contributed by atoms with Gasteiger partial charge in [-0.05, 0) is 72.0 Å². The van der Waals surface area contributed by atoms with E-state index in [2.05, 4.69) is 16.1 Å². The van der Waals surface area contributed by atoms with Gasteiger partial charge in [-0.2, -0.15) is 11.8 Å². The molecule has 0 spiro atoms. The van der Waals surface area contributed by atoms with Gasteiger partial charge in [0.05, 0.1) is 18.7 Å². The summed E-state index contributed by atoms with van der Waals surface area (Å²) in [5.74, 6) is 2.45. The lowest BCUT2D eigenvalue weighted by Crippen LogP contribution is -2.06. The maximum atomic E-state index is 13.1. The van der Waals surface area contributed by atoms with Crippen molar-refractivity contribution >= 4 is 34.1 Å². The lowest BCUT2D eigenvalue weighted by molar-refractivity contribution is -0.117. The van der Waals surface area contributed by atoms with Gasteiger partial charge in [0.1, 0.15) is 28.8 Å². The second kappa shape index (κ2) is 12.2. The molecule has 1 aromatic heterocycles. The molecule has 36 heavy (non-hydrogen) atoms.